The van der Waals surface area contributed by atoms with E-state index in [4.69, 9.17) is 4.55 Å². The fourth-order valence-electron chi connectivity index (χ4n) is 0.524. The molecule has 0 aromatic heterocycles. The molecule has 0 aromatic rings. The van der Waals surface area contributed by atoms with Gasteiger partial charge in [0.15, 0.2) is 0 Å². The first-order valence-corrected chi connectivity index (χ1v) is 3.74. The fraction of sp³-hybridized carbons (Fsp3) is 0.333. The van der Waals surface area contributed by atoms with Crippen molar-refractivity contribution in [1.82, 2.24) is 4.41 Å². The maximum atomic E-state index is 10.5. The number of nitrogens with zero attached hydrogens (tertiary/aromatic N) is 2. The third kappa shape index (κ3) is 1.14. The first-order chi connectivity index (χ1) is 4.52. The molecule has 56 valence electrons. The van der Waals surface area contributed by atoms with Crippen LogP contribution in [-0.4, -0.2) is 29.5 Å². The van der Waals surface area contributed by atoms with Crippen molar-refractivity contribution >= 4 is 22.4 Å². The van der Waals surface area contributed by atoms with Crippen LogP contribution < -0.4 is 0 Å². The summed E-state index contributed by atoms with van der Waals surface area (Å²) in [5, 5.41) is 3.11. The Balaban J connectivity index is 2.95. The number of hydrogen-bond acceptors (Lipinski definition) is 4. The zero-order valence-electron chi connectivity index (χ0n) is 4.76. The van der Waals surface area contributed by atoms with E-state index in [1.54, 1.807) is 0 Å². The van der Waals surface area contributed by atoms with E-state index in [0.717, 1.165) is 6.21 Å². The topological polar surface area (TPSA) is 87.0 Å². The van der Waals surface area contributed by atoms with Crippen LogP contribution in [0.1, 0.15) is 6.42 Å². The highest BCUT2D eigenvalue weighted by Gasteiger charge is 2.27. The summed E-state index contributed by atoms with van der Waals surface area (Å²) in [6, 6.07) is 0. The number of hydrogen-bond donors (Lipinski definition) is 1. The molecule has 1 N–H and O–H groups in total. The Labute approximate surface area is 57.0 Å². The van der Waals surface area contributed by atoms with Crippen molar-refractivity contribution in [2.45, 2.75) is 6.42 Å². The lowest BCUT2D eigenvalue weighted by molar-refractivity contribution is -0.124. The van der Waals surface area contributed by atoms with Crippen LogP contribution in [0, 0.1) is 0 Å². The first-order valence-electron chi connectivity index (χ1n) is 2.35. The third-order valence-corrected chi connectivity index (χ3v) is 1.62. The van der Waals surface area contributed by atoms with Gasteiger partial charge in [-0.05, 0) is 0 Å². The molecule has 1 amide bonds. The lowest BCUT2D eigenvalue weighted by Gasteiger charge is -2.04. The zero-order chi connectivity index (χ0) is 7.78. The molecular weight excluding hydrogens is 160 g/mol. The maximum Gasteiger partial charge on any atom is 0.382 e. The van der Waals surface area contributed by atoms with E-state index in [9.17, 15) is 13.2 Å². The molecule has 0 aromatic carbocycles. The number of rotatable bonds is 1. The summed E-state index contributed by atoms with van der Waals surface area (Å²) in [4.78, 5) is 10.5. The van der Waals surface area contributed by atoms with Gasteiger partial charge in [-0.25, -0.2) is 0 Å². The molecule has 0 spiro atoms. The van der Waals surface area contributed by atoms with Crippen molar-refractivity contribution in [1.29, 1.82) is 0 Å². The highest BCUT2D eigenvalue weighted by atomic mass is 32.2. The van der Waals surface area contributed by atoms with Gasteiger partial charge in [0.25, 0.3) is 5.91 Å². The predicted octanol–water partition coefficient (Wildman–Crippen LogP) is -0.993. The van der Waals surface area contributed by atoms with Crippen LogP contribution in [0.4, 0.5) is 0 Å². The van der Waals surface area contributed by atoms with Gasteiger partial charge < -0.3 is 0 Å². The van der Waals surface area contributed by atoms with Gasteiger partial charge in [0.2, 0.25) is 0 Å². The Bertz CT molecular complexity index is 279. The van der Waals surface area contributed by atoms with E-state index < -0.39 is 16.2 Å². The quantitative estimate of drug-likeness (QED) is 0.504. The van der Waals surface area contributed by atoms with Crippen molar-refractivity contribution < 1.29 is 17.8 Å². The average molecular weight is 164 g/mol. The second-order valence-corrected chi connectivity index (χ2v) is 2.86. The van der Waals surface area contributed by atoms with Crippen LogP contribution >= 0.6 is 0 Å². The second-order valence-electron chi connectivity index (χ2n) is 1.62. The Kier molecular flexibility index (Phi) is 1.45. The highest BCUT2D eigenvalue weighted by molar-refractivity contribution is 7.83. The van der Waals surface area contributed by atoms with Gasteiger partial charge in [-0.15, -0.1) is 0 Å². The Hall–Kier alpha value is -0.950. The molecule has 1 aliphatic heterocycles. The van der Waals surface area contributed by atoms with Gasteiger partial charge in [-0.3, -0.25) is 9.35 Å². The van der Waals surface area contributed by atoms with Gasteiger partial charge in [-0.1, -0.05) is 4.41 Å². The SMILES string of the molecule is O=C1CC=NN1S(=O)(=O)O. The molecule has 10 heavy (non-hydrogen) atoms. The Morgan fingerprint density at radius 1 is 1.70 bits per heavy atom. The summed E-state index contributed by atoms with van der Waals surface area (Å²) in [5.41, 5.74) is 0. The minimum Gasteiger partial charge on any atom is -0.271 e. The smallest absolute Gasteiger partial charge is 0.271 e. The van der Waals surface area contributed by atoms with Crippen LogP contribution in [0.25, 0.3) is 0 Å². The van der Waals surface area contributed by atoms with Crippen molar-refractivity contribution in [2.24, 2.45) is 5.10 Å². The molecule has 0 fully saturated rings. The number of amides is 1. The lowest BCUT2D eigenvalue weighted by Crippen LogP contribution is -2.27. The molecule has 1 aliphatic rings. The molecule has 6 nitrogen and oxygen atoms in total. The monoisotopic (exact) mass is 164 g/mol. The molecule has 0 aliphatic carbocycles. The number of carbonyl (C=O) groups is 1. The fourth-order valence-corrected chi connectivity index (χ4v) is 1.04. The zero-order valence-corrected chi connectivity index (χ0v) is 5.58. The molecule has 1 rings (SSSR count). The van der Waals surface area contributed by atoms with Gasteiger partial charge >= 0.3 is 10.3 Å². The highest BCUT2D eigenvalue weighted by Crippen LogP contribution is 2.06. The molecule has 1 heterocycles. The van der Waals surface area contributed by atoms with Gasteiger partial charge in [0, 0.05) is 6.21 Å². The maximum absolute atomic E-state index is 10.5. The van der Waals surface area contributed by atoms with Gasteiger partial charge in [-0.2, -0.15) is 13.5 Å². The molecule has 0 unspecified atom stereocenters. The Morgan fingerprint density at radius 3 is 2.50 bits per heavy atom. The Morgan fingerprint density at radius 2 is 2.30 bits per heavy atom. The van der Waals surface area contributed by atoms with Crippen LogP contribution in [0.2, 0.25) is 0 Å². The third-order valence-electron chi connectivity index (χ3n) is 0.884. The molecule has 0 atom stereocenters. The van der Waals surface area contributed by atoms with Crippen molar-refractivity contribution in [3.8, 4) is 0 Å². The van der Waals surface area contributed by atoms with Crippen LogP contribution in [0.5, 0.6) is 0 Å². The average Bonchev–Trinajstić information content (AvgIpc) is 2.11. The van der Waals surface area contributed by atoms with Crippen molar-refractivity contribution in [3.05, 3.63) is 0 Å². The van der Waals surface area contributed by atoms with E-state index >= 15 is 0 Å². The minimum atomic E-state index is -4.47. The predicted molar refractivity (Wildman–Crippen MR) is 31.5 cm³/mol. The van der Waals surface area contributed by atoms with Crippen LogP contribution in [0.15, 0.2) is 5.10 Å². The molecule has 0 saturated heterocycles. The number of hydrazone groups is 1. The van der Waals surface area contributed by atoms with E-state index in [2.05, 4.69) is 5.10 Å². The molecule has 7 heteroatoms. The first kappa shape index (κ1) is 7.16. The standard InChI is InChI=1S/C3H4N2O4S/c6-3-1-2-4-5(3)10(7,8)9/h2H,1H2,(H,7,8,9). The van der Waals surface area contributed by atoms with Gasteiger partial charge in [0.05, 0.1) is 6.42 Å². The molecule has 0 radical (unpaired) electrons. The number of carbonyl (C=O) groups excluding carboxylic acids is 1. The molecule has 0 bridgehead atoms. The summed E-state index contributed by atoms with van der Waals surface area (Å²) in [6.45, 7) is 0. The van der Waals surface area contributed by atoms with Crippen molar-refractivity contribution in [3.63, 3.8) is 0 Å². The van der Waals surface area contributed by atoms with E-state index in [0.29, 0.717) is 0 Å². The van der Waals surface area contributed by atoms with Gasteiger partial charge in [0.1, 0.15) is 0 Å². The largest absolute Gasteiger partial charge is 0.382 e. The summed E-state index contributed by atoms with van der Waals surface area (Å²) >= 11 is 0. The van der Waals surface area contributed by atoms with E-state index in [-0.39, 0.29) is 10.8 Å². The lowest BCUT2D eigenvalue weighted by atomic mass is 10.5. The summed E-state index contributed by atoms with van der Waals surface area (Å²) in [6.07, 6.45) is 1.02. The molecule has 0 saturated carbocycles. The van der Waals surface area contributed by atoms with E-state index in [1.165, 1.54) is 0 Å². The summed E-state index contributed by atoms with van der Waals surface area (Å²) < 4.78 is 28.7. The van der Waals surface area contributed by atoms with Crippen molar-refractivity contribution in [2.75, 3.05) is 0 Å². The summed E-state index contributed by atoms with van der Waals surface area (Å²) in [5.74, 6) is -0.748. The second kappa shape index (κ2) is 2.03. The molecular formula is C3H4N2O4S. The van der Waals surface area contributed by atoms with Crippen LogP contribution in [-0.2, 0) is 15.1 Å². The minimum absolute atomic E-state index is 0.0486. The van der Waals surface area contributed by atoms with Crippen LogP contribution in [0.3, 0.4) is 0 Å². The van der Waals surface area contributed by atoms with E-state index in [1.807, 2.05) is 0 Å². The normalized spacial score (nSPS) is 18.5. The summed E-state index contributed by atoms with van der Waals surface area (Å²) in [7, 11) is -4.47.